The molecule has 1 aliphatic heterocycles. The quantitative estimate of drug-likeness (QED) is 0.893. The Bertz CT molecular complexity index is 420. The zero-order valence-electron chi connectivity index (χ0n) is 10.4. The fourth-order valence-electron chi connectivity index (χ4n) is 1.92. The molecular weight excluding hydrogens is 296 g/mol. The first-order chi connectivity index (χ1) is 8.66. The highest BCUT2D eigenvalue weighted by Gasteiger charge is 2.17. The van der Waals surface area contributed by atoms with Crippen molar-refractivity contribution in [1.29, 1.82) is 0 Å². The van der Waals surface area contributed by atoms with Crippen LogP contribution in [-0.2, 0) is 4.79 Å². The van der Waals surface area contributed by atoms with Gasteiger partial charge in [-0.25, -0.2) is 0 Å². The number of halogens is 1. The Morgan fingerprint density at radius 3 is 2.89 bits per heavy atom. The standard InChI is InChI=1S/C12H17BrN4O/c1-16(11-6-10(13)7-15-8-11)9-12(18)17-4-2-14-3-5-17/h6-8,14H,2-5,9H2,1H3. The van der Waals surface area contributed by atoms with E-state index < -0.39 is 0 Å². The van der Waals surface area contributed by atoms with Crippen LogP contribution in [0.25, 0.3) is 0 Å². The number of anilines is 1. The molecule has 0 aliphatic carbocycles. The van der Waals surface area contributed by atoms with Crippen LogP contribution in [0.15, 0.2) is 22.9 Å². The van der Waals surface area contributed by atoms with Gasteiger partial charge in [0, 0.05) is 43.9 Å². The first-order valence-corrected chi connectivity index (χ1v) is 6.76. The van der Waals surface area contributed by atoms with E-state index in [0.29, 0.717) is 6.54 Å². The van der Waals surface area contributed by atoms with Crippen molar-refractivity contribution in [2.24, 2.45) is 0 Å². The fraction of sp³-hybridized carbons (Fsp3) is 0.500. The van der Waals surface area contributed by atoms with E-state index in [-0.39, 0.29) is 5.91 Å². The lowest BCUT2D eigenvalue weighted by molar-refractivity contribution is -0.130. The summed E-state index contributed by atoms with van der Waals surface area (Å²) >= 11 is 3.38. The molecule has 0 radical (unpaired) electrons. The van der Waals surface area contributed by atoms with Crippen LogP contribution in [0, 0.1) is 0 Å². The molecule has 1 aliphatic rings. The number of hydrogen-bond acceptors (Lipinski definition) is 4. The van der Waals surface area contributed by atoms with Gasteiger partial charge in [0.2, 0.25) is 5.91 Å². The van der Waals surface area contributed by atoms with Gasteiger partial charge in [0.05, 0.1) is 18.4 Å². The molecule has 0 atom stereocenters. The first-order valence-electron chi connectivity index (χ1n) is 5.97. The fourth-order valence-corrected chi connectivity index (χ4v) is 2.27. The van der Waals surface area contributed by atoms with Gasteiger partial charge in [-0.2, -0.15) is 0 Å². The van der Waals surface area contributed by atoms with Crippen molar-refractivity contribution >= 4 is 27.5 Å². The van der Waals surface area contributed by atoms with Crippen LogP contribution in [0.4, 0.5) is 5.69 Å². The minimum atomic E-state index is 0.166. The molecular formula is C12H17BrN4O. The minimum absolute atomic E-state index is 0.166. The molecule has 2 heterocycles. The molecule has 1 aromatic rings. The summed E-state index contributed by atoms with van der Waals surface area (Å²) < 4.78 is 0.918. The predicted octanol–water partition coefficient (Wildman–Crippen LogP) is 0.712. The molecule has 0 aromatic carbocycles. The number of aromatic nitrogens is 1. The van der Waals surface area contributed by atoms with Crippen molar-refractivity contribution in [3.05, 3.63) is 22.9 Å². The molecule has 0 saturated carbocycles. The topological polar surface area (TPSA) is 48.5 Å². The smallest absolute Gasteiger partial charge is 0.242 e. The van der Waals surface area contributed by atoms with Crippen LogP contribution in [-0.4, -0.2) is 55.6 Å². The van der Waals surface area contributed by atoms with E-state index in [9.17, 15) is 4.79 Å². The van der Waals surface area contributed by atoms with Gasteiger partial charge in [-0.15, -0.1) is 0 Å². The summed E-state index contributed by atoms with van der Waals surface area (Å²) in [4.78, 5) is 20.0. The molecule has 98 valence electrons. The van der Waals surface area contributed by atoms with Gasteiger partial charge in [0.15, 0.2) is 0 Å². The Balaban J connectivity index is 1.94. The SMILES string of the molecule is CN(CC(=O)N1CCNCC1)c1cncc(Br)c1. The molecule has 6 heteroatoms. The van der Waals surface area contributed by atoms with E-state index in [1.807, 2.05) is 22.9 Å². The van der Waals surface area contributed by atoms with Crippen molar-refractivity contribution in [2.45, 2.75) is 0 Å². The van der Waals surface area contributed by atoms with Crippen molar-refractivity contribution in [2.75, 3.05) is 44.7 Å². The molecule has 0 spiro atoms. The Kier molecular flexibility index (Phi) is 4.54. The van der Waals surface area contributed by atoms with Crippen molar-refractivity contribution in [1.82, 2.24) is 15.2 Å². The number of rotatable bonds is 3. The van der Waals surface area contributed by atoms with Crippen LogP contribution in [0.2, 0.25) is 0 Å². The number of nitrogens with zero attached hydrogens (tertiary/aromatic N) is 3. The maximum absolute atomic E-state index is 12.1. The van der Waals surface area contributed by atoms with Crippen LogP contribution in [0.1, 0.15) is 0 Å². The van der Waals surface area contributed by atoms with Gasteiger partial charge >= 0.3 is 0 Å². The molecule has 1 fully saturated rings. The summed E-state index contributed by atoms with van der Waals surface area (Å²) in [6.07, 6.45) is 3.49. The molecule has 1 amide bonds. The highest BCUT2D eigenvalue weighted by molar-refractivity contribution is 9.10. The van der Waals surface area contributed by atoms with E-state index >= 15 is 0 Å². The van der Waals surface area contributed by atoms with E-state index in [1.54, 1.807) is 12.4 Å². The Morgan fingerprint density at radius 1 is 1.50 bits per heavy atom. The molecule has 1 N–H and O–H groups in total. The van der Waals surface area contributed by atoms with Gasteiger partial charge in [0.1, 0.15) is 0 Å². The van der Waals surface area contributed by atoms with Crippen molar-refractivity contribution in [3.8, 4) is 0 Å². The normalized spacial score (nSPS) is 15.6. The number of piperazine rings is 1. The van der Waals surface area contributed by atoms with Crippen molar-refractivity contribution in [3.63, 3.8) is 0 Å². The number of nitrogens with one attached hydrogen (secondary N) is 1. The van der Waals surface area contributed by atoms with Gasteiger partial charge in [-0.3, -0.25) is 9.78 Å². The second-order valence-corrected chi connectivity index (χ2v) is 5.26. The Morgan fingerprint density at radius 2 is 2.22 bits per heavy atom. The summed E-state index contributed by atoms with van der Waals surface area (Å²) in [5.74, 6) is 0.166. The molecule has 1 saturated heterocycles. The maximum Gasteiger partial charge on any atom is 0.242 e. The average Bonchev–Trinajstić information content (AvgIpc) is 2.39. The summed E-state index contributed by atoms with van der Waals surface area (Å²) in [5, 5.41) is 3.24. The molecule has 2 rings (SSSR count). The third-order valence-corrected chi connectivity index (χ3v) is 3.41. The number of likely N-dealkylation sites (N-methyl/N-ethyl adjacent to an activating group) is 1. The van der Waals surface area contributed by atoms with Crippen molar-refractivity contribution < 1.29 is 4.79 Å². The lowest BCUT2D eigenvalue weighted by Gasteiger charge is -2.29. The number of carbonyl (C=O) groups excluding carboxylic acids is 1. The monoisotopic (exact) mass is 312 g/mol. The van der Waals surface area contributed by atoms with Gasteiger partial charge in [-0.05, 0) is 22.0 Å². The molecule has 0 bridgehead atoms. The largest absolute Gasteiger partial charge is 0.364 e. The zero-order chi connectivity index (χ0) is 13.0. The highest BCUT2D eigenvalue weighted by atomic mass is 79.9. The highest BCUT2D eigenvalue weighted by Crippen LogP contribution is 2.16. The minimum Gasteiger partial charge on any atom is -0.364 e. The maximum atomic E-state index is 12.1. The van der Waals surface area contributed by atoms with E-state index in [2.05, 4.69) is 26.2 Å². The summed E-state index contributed by atoms with van der Waals surface area (Å²) in [6, 6.07) is 1.96. The van der Waals surface area contributed by atoms with Gasteiger partial charge < -0.3 is 15.1 Å². The van der Waals surface area contributed by atoms with Crippen LogP contribution >= 0.6 is 15.9 Å². The third-order valence-electron chi connectivity index (χ3n) is 2.97. The predicted molar refractivity (Wildman–Crippen MR) is 74.7 cm³/mol. The number of hydrogen-bond donors (Lipinski definition) is 1. The number of pyridine rings is 1. The van der Waals surface area contributed by atoms with E-state index in [1.165, 1.54) is 0 Å². The van der Waals surface area contributed by atoms with Crippen LogP contribution in [0.3, 0.4) is 0 Å². The summed E-state index contributed by atoms with van der Waals surface area (Å²) in [6.45, 7) is 3.74. The van der Waals surface area contributed by atoms with E-state index in [0.717, 1.165) is 36.3 Å². The molecule has 5 nitrogen and oxygen atoms in total. The number of carbonyl (C=O) groups is 1. The lowest BCUT2D eigenvalue weighted by Crippen LogP contribution is -2.49. The molecule has 18 heavy (non-hydrogen) atoms. The zero-order valence-corrected chi connectivity index (χ0v) is 12.0. The lowest BCUT2D eigenvalue weighted by atomic mass is 10.3. The number of amides is 1. The van der Waals surface area contributed by atoms with Crippen LogP contribution < -0.4 is 10.2 Å². The second kappa shape index (κ2) is 6.15. The van der Waals surface area contributed by atoms with E-state index in [4.69, 9.17) is 0 Å². The van der Waals surface area contributed by atoms with Crippen LogP contribution in [0.5, 0.6) is 0 Å². The average molecular weight is 313 g/mol. The molecule has 1 aromatic heterocycles. The summed E-state index contributed by atoms with van der Waals surface area (Å²) in [7, 11) is 1.91. The third kappa shape index (κ3) is 3.43. The Hall–Kier alpha value is -1.14. The first kappa shape index (κ1) is 13.3. The van der Waals surface area contributed by atoms with Gasteiger partial charge in [-0.1, -0.05) is 0 Å². The van der Waals surface area contributed by atoms with Gasteiger partial charge in [0.25, 0.3) is 0 Å². The second-order valence-electron chi connectivity index (χ2n) is 4.35. The summed E-state index contributed by atoms with van der Waals surface area (Å²) in [5.41, 5.74) is 0.938. The molecule has 0 unspecified atom stereocenters. The Labute approximate surface area is 115 Å².